The molecule has 9 nitrogen and oxygen atoms in total. The number of carboxylic acid groups (broad SMARTS) is 1. The highest BCUT2D eigenvalue weighted by molar-refractivity contribution is 7.11. The number of aromatic carboxylic acids is 1. The fraction of sp³-hybridized carbons (Fsp3) is 0.370. The maximum atomic E-state index is 14.0. The molecule has 1 aromatic carbocycles. The number of carboxylic acids is 1. The van der Waals surface area contributed by atoms with Crippen LogP contribution in [0.25, 0.3) is 0 Å². The summed E-state index contributed by atoms with van der Waals surface area (Å²) in [6, 6.07) is 3.31. The van der Waals surface area contributed by atoms with Crippen molar-refractivity contribution in [2.45, 2.75) is 11.5 Å². The van der Waals surface area contributed by atoms with Gasteiger partial charge in [0, 0.05) is 33.3 Å². The van der Waals surface area contributed by atoms with Crippen molar-refractivity contribution in [3.63, 3.8) is 0 Å². The molecule has 6 aliphatic carbocycles. The number of aliphatic imine (C=N–C) groups is 1. The molecule has 0 spiro atoms. The third kappa shape index (κ3) is 2.10. The van der Waals surface area contributed by atoms with Gasteiger partial charge in [-0.05, 0) is 47.6 Å². The van der Waals surface area contributed by atoms with Crippen molar-refractivity contribution in [3.8, 4) is 0 Å². The van der Waals surface area contributed by atoms with E-state index < -0.39 is 23.8 Å². The van der Waals surface area contributed by atoms with Crippen LogP contribution >= 0.6 is 22.9 Å². The number of methoxy groups -OCH3 is 1. The third-order valence-electron chi connectivity index (χ3n) is 10.5. The first-order valence-electron chi connectivity index (χ1n) is 12.6. The molecule has 0 amide bonds. The van der Waals surface area contributed by atoms with E-state index >= 15 is 0 Å². The Bertz CT molecular complexity index is 1680. The van der Waals surface area contributed by atoms with Crippen LogP contribution in [0.2, 0.25) is 5.02 Å². The molecule has 1 aliphatic heterocycles. The van der Waals surface area contributed by atoms with E-state index in [4.69, 9.17) is 25.7 Å². The van der Waals surface area contributed by atoms with Crippen molar-refractivity contribution in [1.29, 1.82) is 0 Å². The van der Waals surface area contributed by atoms with Crippen molar-refractivity contribution < 1.29 is 28.2 Å². The van der Waals surface area contributed by atoms with Crippen LogP contribution in [-0.2, 0) is 14.9 Å². The predicted molar refractivity (Wildman–Crippen MR) is 133 cm³/mol. The summed E-state index contributed by atoms with van der Waals surface area (Å²) < 4.78 is 24.9. The molecular weight excluding hydrogens is 547 g/mol. The summed E-state index contributed by atoms with van der Waals surface area (Å²) in [6.45, 7) is 0. The van der Waals surface area contributed by atoms with Crippen LogP contribution in [0.15, 0.2) is 56.7 Å². The molecular formula is C27H18ClFN4O5S. The number of rotatable bonds is 6. The standard InChI is InChI=1S/C27H18ClFN4O5S/c1-37-24(36)12-19(9-3-2-8(29)6-10(9)28)32-21(22-30-4-5-39-22)33-20(12)26-13-16-14(26)18-15(26)17(13)27(16,18)25-31-11(7-38-25)23(34)35/h2-7,13-19H,1H3,(H,32,33)(H,34,35)/t13?,14?,15?,16?,17?,18?,19-,26?,27?/m1/s1. The molecule has 10 rings (SSSR count). The van der Waals surface area contributed by atoms with Gasteiger partial charge >= 0.3 is 11.9 Å². The largest absolute Gasteiger partial charge is 0.476 e. The van der Waals surface area contributed by atoms with Gasteiger partial charge in [0.1, 0.15) is 18.1 Å². The number of aromatic nitrogens is 2. The molecule has 2 N–H and O–H groups in total. The van der Waals surface area contributed by atoms with E-state index in [2.05, 4.69) is 15.3 Å². The van der Waals surface area contributed by atoms with Crippen molar-refractivity contribution in [3.05, 3.63) is 80.3 Å². The van der Waals surface area contributed by atoms with E-state index in [0.29, 0.717) is 63.4 Å². The van der Waals surface area contributed by atoms with Gasteiger partial charge in [-0.3, -0.25) is 4.99 Å². The minimum atomic E-state index is -1.10. The number of benzene rings is 1. The quantitative estimate of drug-likeness (QED) is 0.433. The highest BCUT2D eigenvalue weighted by atomic mass is 35.5. The second-order valence-corrected chi connectivity index (χ2v) is 12.5. The lowest BCUT2D eigenvalue weighted by atomic mass is 8.92. The smallest absolute Gasteiger partial charge is 0.357 e. The lowest BCUT2D eigenvalue weighted by Gasteiger charge is -3.10. The highest BCUT2D eigenvalue weighted by Gasteiger charge is 3.11. The second-order valence-electron chi connectivity index (χ2n) is 11.2. The molecule has 12 heteroatoms. The molecule has 0 saturated heterocycles. The van der Waals surface area contributed by atoms with Crippen molar-refractivity contribution >= 4 is 40.7 Å². The van der Waals surface area contributed by atoms with Crippen LogP contribution in [0, 0.1) is 46.7 Å². The molecule has 1 atom stereocenters. The minimum absolute atomic E-state index is 0.0682. The summed E-state index contributed by atoms with van der Waals surface area (Å²) in [5.41, 5.74) is 1.23. The van der Waals surface area contributed by atoms with Crippen molar-refractivity contribution in [1.82, 2.24) is 15.3 Å². The minimum Gasteiger partial charge on any atom is -0.476 e. The zero-order chi connectivity index (χ0) is 26.6. The zero-order valence-corrected chi connectivity index (χ0v) is 21.7. The van der Waals surface area contributed by atoms with E-state index in [1.807, 2.05) is 5.38 Å². The van der Waals surface area contributed by atoms with Gasteiger partial charge in [-0.15, -0.1) is 11.3 Å². The van der Waals surface area contributed by atoms with E-state index in [9.17, 15) is 19.1 Å². The van der Waals surface area contributed by atoms with Crippen LogP contribution in [0.5, 0.6) is 0 Å². The Kier molecular flexibility index (Phi) is 3.86. The van der Waals surface area contributed by atoms with E-state index in [0.717, 1.165) is 5.70 Å². The lowest BCUT2D eigenvalue weighted by Crippen LogP contribution is -3.11. The van der Waals surface area contributed by atoms with Crippen LogP contribution in [0.3, 0.4) is 0 Å². The number of carbonyl (C=O) groups excluding carboxylic acids is 1. The molecule has 0 unspecified atom stereocenters. The molecule has 0 radical (unpaired) electrons. The SMILES string of the molecule is COC(=O)C1=C(C23C4C5C2C2C3C4C52c2nc(C(=O)O)co2)NC(c2nccs2)=N[C@@H]1c1ccc(F)cc1Cl. The van der Waals surface area contributed by atoms with E-state index in [1.165, 1.54) is 36.8 Å². The summed E-state index contributed by atoms with van der Waals surface area (Å²) in [7, 11) is 1.34. The average Bonchev–Trinajstić information content (AvgIpc) is 3.65. The highest BCUT2D eigenvalue weighted by Crippen LogP contribution is 3.10. The number of nitrogens with zero attached hydrogens (tertiary/aromatic N) is 3. The third-order valence-corrected chi connectivity index (χ3v) is 11.6. The number of halogens is 2. The maximum Gasteiger partial charge on any atom is 0.357 e. The van der Waals surface area contributed by atoms with Gasteiger partial charge in [0.25, 0.3) is 0 Å². The second kappa shape index (κ2) is 6.76. The lowest BCUT2D eigenvalue weighted by molar-refractivity contribution is -0.621. The number of thiazole rings is 1. The van der Waals surface area contributed by atoms with Gasteiger partial charge in [-0.25, -0.2) is 23.9 Å². The van der Waals surface area contributed by atoms with Crippen LogP contribution in [0.4, 0.5) is 4.39 Å². The van der Waals surface area contributed by atoms with E-state index in [-0.39, 0.29) is 21.5 Å². The Labute approximate surface area is 228 Å². The summed E-state index contributed by atoms with van der Waals surface area (Å²) in [4.78, 5) is 38.4. The molecule has 39 heavy (non-hydrogen) atoms. The molecule has 0 bridgehead atoms. The summed E-state index contributed by atoms with van der Waals surface area (Å²) in [5.74, 6) is 0.957. The number of allylic oxidation sites excluding steroid dienone is 1. The number of oxazole rings is 1. The van der Waals surface area contributed by atoms with Gasteiger partial charge in [-0.2, -0.15) is 0 Å². The predicted octanol–water partition coefficient (Wildman–Crippen LogP) is 3.83. The molecule has 2 aromatic heterocycles. The first kappa shape index (κ1) is 22.3. The van der Waals surface area contributed by atoms with Gasteiger partial charge in [0.15, 0.2) is 16.5 Å². The molecule has 3 aromatic rings. The van der Waals surface area contributed by atoms with Gasteiger partial charge in [-0.1, -0.05) is 17.7 Å². The number of carbonyl (C=O) groups is 2. The fourth-order valence-corrected chi connectivity index (χ4v) is 10.5. The van der Waals surface area contributed by atoms with Gasteiger partial charge in [0.2, 0.25) is 5.89 Å². The molecule has 6 saturated carbocycles. The Hall–Kier alpha value is -3.57. The summed E-state index contributed by atoms with van der Waals surface area (Å²) >= 11 is 7.93. The Morgan fingerprint density at radius 2 is 1.90 bits per heavy atom. The van der Waals surface area contributed by atoms with E-state index in [1.54, 1.807) is 12.3 Å². The fourth-order valence-electron chi connectivity index (χ4n) is 9.64. The number of amidine groups is 1. The Morgan fingerprint density at radius 3 is 2.49 bits per heavy atom. The van der Waals surface area contributed by atoms with Crippen LogP contribution in [-0.4, -0.2) is 40.0 Å². The monoisotopic (exact) mass is 564 g/mol. The van der Waals surface area contributed by atoms with Gasteiger partial charge < -0.3 is 19.6 Å². The topological polar surface area (TPSA) is 127 Å². The first-order valence-corrected chi connectivity index (χ1v) is 13.8. The van der Waals surface area contributed by atoms with Gasteiger partial charge in [0.05, 0.1) is 18.1 Å². The Balaban J connectivity index is 1.16. The Morgan fingerprint density at radius 1 is 1.18 bits per heavy atom. The maximum absolute atomic E-state index is 14.0. The molecule has 196 valence electrons. The number of hydrogen-bond acceptors (Lipinski definition) is 9. The molecule has 3 heterocycles. The number of nitrogens with one attached hydrogen (secondary N) is 1. The number of esters is 1. The van der Waals surface area contributed by atoms with Crippen molar-refractivity contribution in [2.75, 3.05) is 7.11 Å². The zero-order valence-electron chi connectivity index (χ0n) is 20.1. The number of hydrogen-bond donors (Lipinski definition) is 2. The summed E-state index contributed by atoms with van der Waals surface area (Å²) in [6.07, 6.45) is 2.92. The average molecular weight is 565 g/mol. The van der Waals surface area contributed by atoms with Crippen LogP contribution < -0.4 is 5.32 Å². The first-order chi connectivity index (χ1) is 18.9. The molecule has 6 fully saturated rings. The normalized spacial score (nSPS) is 39.2. The summed E-state index contributed by atoms with van der Waals surface area (Å²) in [5, 5.41) is 15.5. The van der Waals surface area contributed by atoms with Crippen molar-refractivity contribution in [2.24, 2.45) is 45.9 Å². The molecule has 7 aliphatic rings. The van der Waals surface area contributed by atoms with Crippen LogP contribution in [0.1, 0.15) is 33.0 Å². The number of ether oxygens (including phenoxy) is 1.